The Hall–Kier alpha value is -0.530. The lowest BCUT2D eigenvalue weighted by atomic mass is 9.95. The summed E-state index contributed by atoms with van der Waals surface area (Å²) in [6, 6.07) is 0. The lowest BCUT2D eigenvalue weighted by Gasteiger charge is -2.12. The van der Waals surface area contributed by atoms with Crippen LogP contribution >= 0.6 is 0 Å². The van der Waals surface area contributed by atoms with E-state index in [1.165, 1.54) is 19.3 Å². The highest BCUT2D eigenvalue weighted by atomic mass is 16.1. The Morgan fingerprint density at radius 2 is 2.00 bits per heavy atom. The lowest BCUT2D eigenvalue weighted by molar-refractivity contribution is -0.120. The molecule has 0 aromatic heterocycles. The molecule has 0 saturated carbocycles. The number of hydrogen-bond acceptors (Lipinski definition) is 1. The normalized spacial score (nSPS) is 12.6. The fraction of sp³-hybridized carbons (Fsp3) is 0.900. The number of amides is 1. The topological polar surface area (TPSA) is 29.1 Å². The molecular weight excluding hydrogens is 150 g/mol. The van der Waals surface area contributed by atoms with E-state index in [4.69, 9.17) is 0 Å². The third kappa shape index (κ3) is 5.16. The van der Waals surface area contributed by atoms with Gasteiger partial charge in [0.2, 0.25) is 5.91 Å². The van der Waals surface area contributed by atoms with Crippen LogP contribution in [-0.4, -0.2) is 13.0 Å². The average Bonchev–Trinajstić information content (AvgIpc) is 2.11. The van der Waals surface area contributed by atoms with Crippen LogP contribution in [0, 0.1) is 5.92 Å². The summed E-state index contributed by atoms with van der Waals surface area (Å²) in [5.74, 6) is 0.914. The van der Waals surface area contributed by atoms with Crippen molar-refractivity contribution in [2.24, 2.45) is 5.92 Å². The Morgan fingerprint density at radius 1 is 1.33 bits per heavy atom. The first-order valence-corrected chi connectivity index (χ1v) is 4.95. The predicted molar refractivity (Wildman–Crippen MR) is 52.0 cm³/mol. The first-order valence-electron chi connectivity index (χ1n) is 4.95. The zero-order chi connectivity index (χ0) is 9.40. The summed E-state index contributed by atoms with van der Waals surface area (Å²) < 4.78 is 0. The second-order valence-electron chi connectivity index (χ2n) is 3.27. The van der Waals surface area contributed by atoms with E-state index in [0.29, 0.717) is 6.42 Å². The Balaban J connectivity index is 3.50. The van der Waals surface area contributed by atoms with Gasteiger partial charge in [-0.25, -0.2) is 0 Å². The molecule has 0 heterocycles. The van der Waals surface area contributed by atoms with Gasteiger partial charge in [-0.1, -0.05) is 33.1 Å². The minimum absolute atomic E-state index is 0.171. The minimum atomic E-state index is 0.171. The summed E-state index contributed by atoms with van der Waals surface area (Å²) in [5.41, 5.74) is 0. The van der Waals surface area contributed by atoms with Crippen LogP contribution in [0.25, 0.3) is 0 Å². The number of nitrogens with one attached hydrogen (secondary N) is 1. The van der Waals surface area contributed by atoms with E-state index in [1.807, 2.05) is 0 Å². The SMILES string of the molecule is CCC[C@@H](CC)CCC(=O)NC. The molecule has 1 N–H and O–H groups in total. The maximum Gasteiger partial charge on any atom is 0.219 e. The largest absolute Gasteiger partial charge is 0.359 e. The molecule has 12 heavy (non-hydrogen) atoms. The van der Waals surface area contributed by atoms with E-state index in [1.54, 1.807) is 7.05 Å². The molecule has 0 aliphatic heterocycles. The van der Waals surface area contributed by atoms with E-state index in [2.05, 4.69) is 19.2 Å². The number of hydrogen-bond donors (Lipinski definition) is 1. The Bertz CT molecular complexity index is 123. The van der Waals surface area contributed by atoms with Gasteiger partial charge in [0.1, 0.15) is 0 Å². The van der Waals surface area contributed by atoms with Crippen molar-refractivity contribution in [3.8, 4) is 0 Å². The smallest absolute Gasteiger partial charge is 0.219 e. The van der Waals surface area contributed by atoms with E-state index < -0.39 is 0 Å². The van der Waals surface area contributed by atoms with Gasteiger partial charge in [0.15, 0.2) is 0 Å². The molecule has 0 unspecified atom stereocenters. The second-order valence-corrected chi connectivity index (χ2v) is 3.27. The maximum absolute atomic E-state index is 10.9. The van der Waals surface area contributed by atoms with Gasteiger partial charge in [-0.05, 0) is 12.3 Å². The quantitative estimate of drug-likeness (QED) is 0.653. The third-order valence-corrected chi connectivity index (χ3v) is 2.33. The first kappa shape index (κ1) is 11.5. The zero-order valence-electron chi connectivity index (χ0n) is 8.52. The summed E-state index contributed by atoms with van der Waals surface area (Å²) in [5, 5.41) is 2.65. The predicted octanol–water partition coefficient (Wildman–Crippen LogP) is 2.34. The molecule has 0 rings (SSSR count). The highest BCUT2D eigenvalue weighted by Crippen LogP contribution is 2.16. The van der Waals surface area contributed by atoms with Crippen LogP contribution in [0.4, 0.5) is 0 Å². The van der Waals surface area contributed by atoms with E-state index >= 15 is 0 Å². The first-order chi connectivity index (χ1) is 5.74. The Labute approximate surface area is 75.7 Å². The highest BCUT2D eigenvalue weighted by Gasteiger charge is 2.06. The average molecular weight is 171 g/mol. The van der Waals surface area contributed by atoms with Gasteiger partial charge < -0.3 is 5.32 Å². The van der Waals surface area contributed by atoms with Crippen molar-refractivity contribution in [2.45, 2.75) is 46.0 Å². The van der Waals surface area contributed by atoms with Crippen LogP contribution in [0.2, 0.25) is 0 Å². The van der Waals surface area contributed by atoms with Gasteiger partial charge in [-0.15, -0.1) is 0 Å². The fourth-order valence-electron chi connectivity index (χ4n) is 1.42. The highest BCUT2D eigenvalue weighted by molar-refractivity contribution is 5.75. The van der Waals surface area contributed by atoms with Crippen LogP contribution in [0.1, 0.15) is 46.0 Å². The van der Waals surface area contributed by atoms with Crippen LogP contribution in [0.15, 0.2) is 0 Å². The van der Waals surface area contributed by atoms with Gasteiger partial charge in [0.25, 0.3) is 0 Å². The Kier molecular flexibility index (Phi) is 6.82. The molecule has 0 saturated heterocycles. The van der Waals surface area contributed by atoms with Crippen LogP contribution < -0.4 is 5.32 Å². The van der Waals surface area contributed by atoms with Crippen LogP contribution in [0.3, 0.4) is 0 Å². The van der Waals surface area contributed by atoms with Crippen molar-refractivity contribution >= 4 is 5.91 Å². The van der Waals surface area contributed by atoms with Gasteiger partial charge in [-0.3, -0.25) is 4.79 Å². The van der Waals surface area contributed by atoms with Crippen molar-refractivity contribution in [3.05, 3.63) is 0 Å². The molecule has 0 aliphatic rings. The summed E-state index contributed by atoms with van der Waals surface area (Å²) in [6.07, 6.45) is 5.42. The Morgan fingerprint density at radius 3 is 2.42 bits per heavy atom. The second kappa shape index (κ2) is 7.14. The van der Waals surface area contributed by atoms with Gasteiger partial charge in [0.05, 0.1) is 0 Å². The standard InChI is InChI=1S/C10H21NO/c1-4-6-9(5-2)7-8-10(12)11-3/h9H,4-8H2,1-3H3,(H,11,12)/t9-/m1/s1. The number of rotatable bonds is 6. The van der Waals surface area contributed by atoms with Crippen LogP contribution in [0.5, 0.6) is 0 Å². The fourth-order valence-corrected chi connectivity index (χ4v) is 1.42. The van der Waals surface area contributed by atoms with Crippen molar-refractivity contribution in [1.29, 1.82) is 0 Å². The molecule has 2 heteroatoms. The summed E-state index contributed by atoms with van der Waals surface area (Å²) in [7, 11) is 1.70. The molecule has 0 aromatic carbocycles. The van der Waals surface area contributed by atoms with E-state index in [0.717, 1.165) is 12.3 Å². The van der Waals surface area contributed by atoms with Crippen molar-refractivity contribution in [2.75, 3.05) is 7.05 Å². The molecule has 0 radical (unpaired) electrons. The zero-order valence-corrected chi connectivity index (χ0v) is 8.52. The van der Waals surface area contributed by atoms with Crippen molar-refractivity contribution in [1.82, 2.24) is 5.32 Å². The molecule has 0 aromatic rings. The third-order valence-electron chi connectivity index (χ3n) is 2.33. The molecule has 0 bridgehead atoms. The molecule has 2 nitrogen and oxygen atoms in total. The molecule has 1 atom stereocenters. The molecule has 72 valence electrons. The summed E-state index contributed by atoms with van der Waals surface area (Å²) in [4.78, 5) is 10.9. The van der Waals surface area contributed by atoms with Crippen molar-refractivity contribution < 1.29 is 4.79 Å². The molecule has 0 fully saturated rings. The molecule has 0 spiro atoms. The van der Waals surface area contributed by atoms with E-state index in [-0.39, 0.29) is 5.91 Å². The number of carbonyl (C=O) groups excluding carboxylic acids is 1. The van der Waals surface area contributed by atoms with Gasteiger partial charge >= 0.3 is 0 Å². The number of carbonyl (C=O) groups is 1. The van der Waals surface area contributed by atoms with Gasteiger partial charge in [-0.2, -0.15) is 0 Å². The lowest BCUT2D eigenvalue weighted by Crippen LogP contribution is -2.18. The molecule has 1 amide bonds. The molecular formula is C10H21NO. The van der Waals surface area contributed by atoms with E-state index in [9.17, 15) is 4.79 Å². The van der Waals surface area contributed by atoms with Gasteiger partial charge in [0, 0.05) is 13.5 Å². The summed E-state index contributed by atoms with van der Waals surface area (Å²) in [6.45, 7) is 4.40. The summed E-state index contributed by atoms with van der Waals surface area (Å²) >= 11 is 0. The minimum Gasteiger partial charge on any atom is -0.359 e. The monoisotopic (exact) mass is 171 g/mol. The molecule has 0 aliphatic carbocycles. The van der Waals surface area contributed by atoms with Crippen molar-refractivity contribution in [3.63, 3.8) is 0 Å². The maximum atomic E-state index is 10.9. The van der Waals surface area contributed by atoms with Crippen LogP contribution in [-0.2, 0) is 4.79 Å².